The number of allylic oxidation sites excluding steroid dienone is 1. The standard InChI is InChI=1S/C21H27NO3/c1-25-21(24)15-17-22(16-14-19-10-6-3-7-11-19)20(23)13-12-18-8-4-2-5-9-18/h2,4-5,8-10,12-13H,3,6-7,11,14-17H2,1H3/b13-12+. The number of hydrogen-bond acceptors (Lipinski definition) is 3. The molecule has 0 N–H and O–H groups in total. The average molecular weight is 341 g/mol. The molecule has 0 spiro atoms. The van der Waals surface area contributed by atoms with Gasteiger partial charge < -0.3 is 9.64 Å². The number of rotatable bonds is 8. The van der Waals surface area contributed by atoms with Gasteiger partial charge in [-0.1, -0.05) is 42.0 Å². The Labute approximate surface area is 150 Å². The summed E-state index contributed by atoms with van der Waals surface area (Å²) in [6, 6.07) is 9.73. The lowest BCUT2D eigenvalue weighted by molar-refractivity contribution is -0.141. The van der Waals surface area contributed by atoms with Gasteiger partial charge in [0.15, 0.2) is 0 Å². The predicted molar refractivity (Wildman–Crippen MR) is 99.9 cm³/mol. The number of carbonyl (C=O) groups excluding carboxylic acids is 2. The minimum Gasteiger partial charge on any atom is -0.469 e. The van der Waals surface area contributed by atoms with E-state index in [0.29, 0.717) is 13.1 Å². The highest BCUT2D eigenvalue weighted by Crippen LogP contribution is 2.20. The molecular formula is C21H27NO3. The van der Waals surface area contributed by atoms with Crippen LogP contribution in [0.25, 0.3) is 6.08 Å². The fraction of sp³-hybridized carbons (Fsp3) is 0.429. The summed E-state index contributed by atoms with van der Waals surface area (Å²) in [6.45, 7) is 1.03. The lowest BCUT2D eigenvalue weighted by atomic mass is 9.97. The van der Waals surface area contributed by atoms with Gasteiger partial charge >= 0.3 is 5.97 Å². The summed E-state index contributed by atoms with van der Waals surface area (Å²) in [5.74, 6) is -0.356. The van der Waals surface area contributed by atoms with Crippen molar-refractivity contribution in [3.05, 3.63) is 53.6 Å². The summed E-state index contributed by atoms with van der Waals surface area (Å²) >= 11 is 0. The minimum absolute atomic E-state index is 0.0656. The zero-order chi connectivity index (χ0) is 17.9. The second kappa shape index (κ2) is 10.5. The van der Waals surface area contributed by atoms with Gasteiger partial charge in [-0.15, -0.1) is 0 Å². The molecule has 0 saturated carbocycles. The monoisotopic (exact) mass is 341 g/mol. The Morgan fingerprint density at radius 1 is 1.16 bits per heavy atom. The molecule has 0 bridgehead atoms. The third kappa shape index (κ3) is 6.96. The molecule has 1 amide bonds. The number of methoxy groups -OCH3 is 1. The van der Waals surface area contributed by atoms with Crippen molar-refractivity contribution in [2.45, 2.75) is 38.5 Å². The van der Waals surface area contributed by atoms with Crippen LogP contribution in [0.4, 0.5) is 0 Å². The van der Waals surface area contributed by atoms with Crippen molar-refractivity contribution in [2.24, 2.45) is 0 Å². The van der Waals surface area contributed by atoms with Crippen molar-refractivity contribution in [1.29, 1.82) is 0 Å². The second-order valence-corrected chi connectivity index (χ2v) is 6.25. The number of ether oxygens (including phenoxy) is 1. The first-order chi connectivity index (χ1) is 12.2. The van der Waals surface area contributed by atoms with Crippen molar-refractivity contribution >= 4 is 18.0 Å². The maximum Gasteiger partial charge on any atom is 0.307 e. The zero-order valence-electron chi connectivity index (χ0n) is 14.9. The molecule has 0 heterocycles. The third-order valence-corrected chi connectivity index (χ3v) is 4.43. The molecule has 25 heavy (non-hydrogen) atoms. The summed E-state index contributed by atoms with van der Waals surface area (Å²) in [5, 5.41) is 0. The SMILES string of the molecule is COC(=O)CCN(CCC1=CCCCC1)C(=O)/C=C/c1ccccc1. The van der Waals surface area contributed by atoms with Gasteiger partial charge in [0.05, 0.1) is 13.5 Å². The molecule has 4 nitrogen and oxygen atoms in total. The molecule has 134 valence electrons. The molecular weight excluding hydrogens is 314 g/mol. The molecule has 1 aliphatic carbocycles. The van der Waals surface area contributed by atoms with E-state index in [1.54, 1.807) is 11.0 Å². The molecule has 1 aromatic carbocycles. The minimum atomic E-state index is -0.290. The lowest BCUT2D eigenvalue weighted by Gasteiger charge is -2.22. The molecule has 0 aromatic heterocycles. The Morgan fingerprint density at radius 3 is 2.64 bits per heavy atom. The van der Waals surface area contributed by atoms with Crippen molar-refractivity contribution in [3.63, 3.8) is 0 Å². The van der Waals surface area contributed by atoms with Crippen molar-refractivity contribution in [3.8, 4) is 0 Å². The molecule has 0 unspecified atom stereocenters. The van der Waals surface area contributed by atoms with Gasteiger partial charge in [-0.2, -0.15) is 0 Å². The number of benzene rings is 1. The van der Waals surface area contributed by atoms with Crippen molar-refractivity contribution < 1.29 is 14.3 Å². The second-order valence-electron chi connectivity index (χ2n) is 6.25. The third-order valence-electron chi connectivity index (χ3n) is 4.43. The first-order valence-electron chi connectivity index (χ1n) is 8.96. The first-order valence-corrected chi connectivity index (χ1v) is 8.96. The van der Waals surface area contributed by atoms with Crippen LogP contribution in [0.5, 0.6) is 0 Å². The van der Waals surface area contributed by atoms with E-state index >= 15 is 0 Å². The van der Waals surface area contributed by atoms with E-state index in [4.69, 9.17) is 4.74 Å². The summed E-state index contributed by atoms with van der Waals surface area (Å²) in [7, 11) is 1.37. The van der Waals surface area contributed by atoms with Crippen LogP contribution in [-0.2, 0) is 14.3 Å². The van der Waals surface area contributed by atoms with E-state index in [0.717, 1.165) is 24.8 Å². The fourth-order valence-electron chi connectivity index (χ4n) is 2.91. The van der Waals surface area contributed by atoms with Gasteiger partial charge in [0.2, 0.25) is 5.91 Å². The summed E-state index contributed by atoms with van der Waals surface area (Å²) in [6.07, 6.45) is 11.6. The topological polar surface area (TPSA) is 46.6 Å². The number of nitrogens with zero attached hydrogens (tertiary/aromatic N) is 1. The van der Waals surface area contributed by atoms with Crippen molar-refractivity contribution in [1.82, 2.24) is 4.90 Å². The quantitative estimate of drug-likeness (QED) is 0.408. The number of carbonyl (C=O) groups is 2. The summed E-state index contributed by atoms with van der Waals surface area (Å²) in [4.78, 5) is 25.7. The van der Waals surface area contributed by atoms with Crippen LogP contribution in [-0.4, -0.2) is 37.0 Å². The highest BCUT2D eigenvalue weighted by atomic mass is 16.5. The van der Waals surface area contributed by atoms with E-state index < -0.39 is 0 Å². The van der Waals surface area contributed by atoms with E-state index in [1.165, 1.54) is 25.5 Å². The average Bonchev–Trinajstić information content (AvgIpc) is 2.67. The molecule has 0 atom stereocenters. The molecule has 0 aliphatic heterocycles. The Kier molecular flexibility index (Phi) is 7.96. The van der Waals surface area contributed by atoms with Gasteiger partial charge in [-0.25, -0.2) is 0 Å². The van der Waals surface area contributed by atoms with Crippen LogP contribution in [0.2, 0.25) is 0 Å². The predicted octanol–water partition coefficient (Wildman–Crippen LogP) is 3.98. The van der Waals surface area contributed by atoms with E-state index in [9.17, 15) is 9.59 Å². The van der Waals surface area contributed by atoms with Gasteiger partial charge in [0.1, 0.15) is 0 Å². The van der Waals surface area contributed by atoms with Gasteiger partial charge in [0.25, 0.3) is 0 Å². The number of hydrogen-bond donors (Lipinski definition) is 0. The van der Waals surface area contributed by atoms with E-state index in [2.05, 4.69) is 6.08 Å². The fourth-order valence-corrected chi connectivity index (χ4v) is 2.91. The zero-order valence-corrected chi connectivity index (χ0v) is 14.9. The highest BCUT2D eigenvalue weighted by Gasteiger charge is 2.14. The largest absolute Gasteiger partial charge is 0.469 e. The van der Waals surface area contributed by atoms with Crippen molar-refractivity contribution in [2.75, 3.05) is 20.2 Å². The first kappa shape index (κ1) is 19.0. The molecule has 0 saturated heterocycles. The van der Waals surface area contributed by atoms with Crippen LogP contribution in [0.1, 0.15) is 44.1 Å². The highest BCUT2D eigenvalue weighted by molar-refractivity contribution is 5.92. The maximum absolute atomic E-state index is 12.6. The lowest BCUT2D eigenvalue weighted by Crippen LogP contribution is -2.33. The van der Waals surface area contributed by atoms with Gasteiger partial charge in [-0.3, -0.25) is 9.59 Å². The van der Waals surface area contributed by atoms with Crippen LogP contribution in [0, 0.1) is 0 Å². The number of amides is 1. The van der Waals surface area contributed by atoms with E-state index in [1.807, 2.05) is 36.4 Å². The molecule has 0 radical (unpaired) electrons. The van der Waals surface area contributed by atoms with Crippen LogP contribution >= 0.6 is 0 Å². The molecule has 2 rings (SSSR count). The van der Waals surface area contributed by atoms with Crippen LogP contribution in [0.3, 0.4) is 0 Å². The molecule has 1 aromatic rings. The Hall–Kier alpha value is -2.36. The Bertz CT molecular complexity index is 619. The maximum atomic E-state index is 12.6. The smallest absolute Gasteiger partial charge is 0.307 e. The molecule has 4 heteroatoms. The van der Waals surface area contributed by atoms with Gasteiger partial charge in [-0.05, 0) is 43.7 Å². The molecule has 1 aliphatic rings. The van der Waals surface area contributed by atoms with Crippen LogP contribution < -0.4 is 0 Å². The molecule has 0 fully saturated rings. The Morgan fingerprint density at radius 2 is 1.96 bits per heavy atom. The summed E-state index contributed by atoms with van der Waals surface area (Å²) < 4.78 is 4.70. The summed E-state index contributed by atoms with van der Waals surface area (Å²) in [5.41, 5.74) is 2.41. The van der Waals surface area contributed by atoms with Crippen LogP contribution in [0.15, 0.2) is 48.1 Å². The van der Waals surface area contributed by atoms with Gasteiger partial charge in [0, 0.05) is 19.2 Å². The van der Waals surface area contributed by atoms with E-state index in [-0.39, 0.29) is 18.3 Å². The number of esters is 1. The normalized spacial score (nSPS) is 14.2. The Balaban J connectivity index is 1.96.